The SMILES string of the molecule is O=C(c1cc(C2CC2)[nH]n1)N1CCCCC1CCc1cccs1. The van der Waals surface area contributed by atoms with Gasteiger partial charge in [0.15, 0.2) is 0 Å². The van der Waals surface area contributed by atoms with Crippen LogP contribution < -0.4 is 0 Å². The molecule has 1 saturated carbocycles. The maximum atomic E-state index is 12.9. The van der Waals surface area contributed by atoms with Crippen molar-refractivity contribution in [1.29, 1.82) is 0 Å². The number of rotatable bonds is 5. The number of aromatic amines is 1. The van der Waals surface area contributed by atoms with Crippen molar-refractivity contribution >= 4 is 17.2 Å². The third-order valence-electron chi connectivity index (χ3n) is 5.03. The van der Waals surface area contributed by atoms with Crippen LogP contribution in [0.25, 0.3) is 0 Å². The molecule has 2 aromatic heterocycles. The summed E-state index contributed by atoms with van der Waals surface area (Å²) in [6.45, 7) is 0.875. The Morgan fingerprint density at radius 2 is 2.26 bits per heavy atom. The van der Waals surface area contributed by atoms with Crippen molar-refractivity contribution in [3.63, 3.8) is 0 Å². The first-order valence-corrected chi connectivity index (χ1v) is 9.58. The normalized spacial score (nSPS) is 21.6. The number of nitrogens with zero attached hydrogens (tertiary/aromatic N) is 2. The molecule has 1 amide bonds. The van der Waals surface area contributed by atoms with E-state index >= 15 is 0 Å². The molecule has 1 unspecified atom stereocenters. The Bertz CT molecular complexity index is 660. The van der Waals surface area contributed by atoms with Crippen LogP contribution in [0.1, 0.15) is 65.5 Å². The molecule has 2 fully saturated rings. The summed E-state index contributed by atoms with van der Waals surface area (Å²) in [5.74, 6) is 0.726. The molecule has 2 aromatic rings. The van der Waals surface area contributed by atoms with Crippen molar-refractivity contribution in [2.75, 3.05) is 6.54 Å². The van der Waals surface area contributed by atoms with Gasteiger partial charge in [-0.25, -0.2) is 0 Å². The average molecular weight is 329 g/mol. The molecule has 1 N–H and O–H groups in total. The maximum absolute atomic E-state index is 12.9. The number of carbonyl (C=O) groups excluding carboxylic acids is 1. The number of piperidine rings is 1. The predicted octanol–water partition coefficient (Wildman–Crippen LogP) is 3.98. The number of hydrogen-bond donors (Lipinski definition) is 1. The molecular weight excluding hydrogens is 306 g/mol. The van der Waals surface area contributed by atoms with Gasteiger partial charge < -0.3 is 4.90 Å². The second-order valence-corrected chi connectivity index (χ2v) is 7.78. The Kier molecular flexibility index (Phi) is 4.21. The van der Waals surface area contributed by atoms with Crippen LogP contribution in [-0.4, -0.2) is 33.6 Å². The van der Waals surface area contributed by atoms with Gasteiger partial charge in [-0.2, -0.15) is 5.10 Å². The molecule has 0 bridgehead atoms. The first-order valence-electron chi connectivity index (χ1n) is 8.70. The fourth-order valence-electron chi connectivity index (χ4n) is 3.53. The number of carbonyl (C=O) groups is 1. The van der Waals surface area contributed by atoms with E-state index in [1.54, 1.807) is 0 Å². The second-order valence-electron chi connectivity index (χ2n) is 6.75. The van der Waals surface area contributed by atoms with Crippen molar-refractivity contribution in [1.82, 2.24) is 15.1 Å². The molecule has 0 aromatic carbocycles. The molecule has 1 atom stereocenters. The summed E-state index contributed by atoms with van der Waals surface area (Å²) >= 11 is 1.81. The van der Waals surface area contributed by atoms with Gasteiger partial charge >= 0.3 is 0 Å². The summed E-state index contributed by atoms with van der Waals surface area (Å²) in [5.41, 5.74) is 1.75. The largest absolute Gasteiger partial charge is 0.334 e. The highest BCUT2D eigenvalue weighted by Gasteiger charge is 2.31. The molecule has 3 heterocycles. The zero-order valence-corrected chi connectivity index (χ0v) is 14.1. The van der Waals surface area contributed by atoms with E-state index in [0.717, 1.165) is 37.9 Å². The molecule has 4 nitrogen and oxygen atoms in total. The molecule has 1 aliphatic carbocycles. The fourth-order valence-corrected chi connectivity index (χ4v) is 4.25. The first-order chi connectivity index (χ1) is 11.3. The number of thiophene rings is 1. The number of amides is 1. The average Bonchev–Trinajstić information content (AvgIpc) is 3.11. The van der Waals surface area contributed by atoms with Crippen LogP contribution >= 0.6 is 11.3 Å². The monoisotopic (exact) mass is 329 g/mol. The van der Waals surface area contributed by atoms with Gasteiger partial charge in [-0.15, -0.1) is 11.3 Å². The molecule has 122 valence electrons. The summed E-state index contributed by atoms with van der Waals surface area (Å²) in [6, 6.07) is 6.63. The topological polar surface area (TPSA) is 49.0 Å². The summed E-state index contributed by atoms with van der Waals surface area (Å²) in [4.78, 5) is 16.4. The summed E-state index contributed by atoms with van der Waals surface area (Å²) in [7, 11) is 0. The number of hydrogen-bond acceptors (Lipinski definition) is 3. The van der Waals surface area contributed by atoms with Crippen LogP contribution in [0.15, 0.2) is 23.6 Å². The van der Waals surface area contributed by atoms with Crippen LogP contribution in [0.3, 0.4) is 0 Å². The molecule has 0 radical (unpaired) electrons. The lowest BCUT2D eigenvalue weighted by Gasteiger charge is -2.35. The van der Waals surface area contributed by atoms with Gasteiger partial charge in [-0.05, 0) is 62.5 Å². The van der Waals surface area contributed by atoms with Gasteiger partial charge in [0.25, 0.3) is 5.91 Å². The zero-order chi connectivity index (χ0) is 15.6. The van der Waals surface area contributed by atoms with E-state index in [-0.39, 0.29) is 5.91 Å². The molecule has 1 saturated heterocycles. The Labute approximate surface area is 140 Å². The number of H-pyrrole nitrogens is 1. The first kappa shape index (κ1) is 14.9. The summed E-state index contributed by atoms with van der Waals surface area (Å²) in [6.07, 6.45) is 8.04. The third-order valence-corrected chi connectivity index (χ3v) is 5.96. The van der Waals surface area contributed by atoms with Crippen LogP contribution in [0.2, 0.25) is 0 Å². The van der Waals surface area contributed by atoms with Gasteiger partial charge in [0.05, 0.1) is 0 Å². The highest BCUT2D eigenvalue weighted by Crippen LogP contribution is 2.39. The van der Waals surface area contributed by atoms with E-state index in [1.807, 2.05) is 17.4 Å². The van der Waals surface area contributed by atoms with Crippen LogP contribution in [-0.2, 0) is 6.42 Å². The lowest BCUT2D eigenvalue weighted by atomic mass is 9.97. The molecule has 5 heteroatoms. The van der Waals surface area contributed by atoms with E-state index in [0.29, 0.717) is 17.7 Å². The number of nitrogens with one attached hydrogen (secondary N) is 1. The van der Waals surface area contributed by atoms with Gasteiger partial charge in [0.1, 0.15) is 5.69 Å². The zero-order valence-electron chi connectivity index (χ0n) is 13.3. The van der Waals surface area contributed by atoms with E-state index in [9.17, 15) is 4.79 Å². The van der Waals surface area contributed by atoms with Crippen molar-refractivity contribution in [3.05, 3.63) is 39.8 Å². The third kappa shape index (κ3) is 3.34. The van der Waals surface area contributed by atoms with Gasteiger partial charge in [0.2, 0.25) is 0 Å². The number of likely N-dealkylation sites (tertiary alicyclic amines) is 1. The predicted molar refractivity (Wildman–Crippen MR) is 91.9 cm³/mol. The quantitative estimate of drug-likeness (QED) is 0.902. The van der Waals surface area contributed by atoms with E-state index in [4.69, 9.17) is 0 Å². The molecule has 1 aliphatic heterocycles. The van der Waals surface area contributed by atoms with Crippen molar-refractivity contribution < 1.29 is 4.79 Å². The van der Waals surface area contributed by atoms with Gasteiger partial charge in [-0.1, -0.05) is 6.07 Å². The highest BCUT2D eigenvalue weighted by molar-refractivity contribution is 7.09. The number of aryl methyl sites for hydroxylation is 1. The van der Waals surface area contributed by atoms with Gasteiger partial charge in [-0.3, -0.25) is 9.89 Å². The maximum Gasteiger partial charge on any atom is 0.274 e. The molecule has 0 spiro atoms. The minimum absolute atomic E-state index is 0.115. The van der Waals surface area contributed by atoms with E-state index in [2.05, 4.69) is 32.6 Å². The minimum Gasteiger partial charge on any atom is -0.334 e. The van der Waals surface area contributed by atoms with Crippen LogP contribution in [0.4, 0.5) is 0 Å². The Hall–Kier alpha value is -1.62. The van der Waals surface area contributed by atoms with Crippen LogP contribution in [0.5, 0.6) is 0 Å². The smallest absolute Gasteiger partial charge is 0.274 e. The molecule has 4 rings (SSSR count). The molecule has 23 heavy (non-hydrogen) atoms. The van der Waals surface area contributed by atoms with Crippen molar-refractivity contribution in [3.8, 4) is 0 Å². The van der Waals surface area contributed by atoms with Gasteiger partial charge in [0, 0.05) is 29.1 Å². The Morgan fingerprint density at radius 1 is 1.35 bits per heavy atom. The minimum atomic E-state index is 0.115. The number of aromatic nitrogens is 2. The molecule has 2 aliphatic rings. The van der Waals surface area contributed by atoms with Crippen molar-refractivity contribution in [2.24, 2.45) is 0 Å². The Morgan fingerprint density at radius 3 is 3.04 bits per heavy atom. The lowest BCUT2D eigenvalue weighted by molar-refractivity contribution is 0.0596. The highest BCUT2D eigenvalue weighted by atomic mass is 32.1. The Balaban J connectivity index is 1.43. The summed E-state index contributed by atoms with van der Waals surface area (Å²) < 4.78 is 0. The second kappa shape index (κ2) is 6.48. The fraction of sp³-hybridized carbons (Fsp3) is 0.556. The molecular formula is C18H23N3OS. The van der Waals surface area contributed by atoms with Crippen molar-refractivity contribution in [2.45, 2.75) is 56.9 Å². The van der Waals surface area contributed by atoms with Crippen LogP contribution in [0, 0.1) is 0 Å². The van der Waals surface area contributed by atoms with E-state index in [1.165, 1.54) is 24.1 Å². The summed E-state index contributed by atoms with van der Waals surface area (Å²) in [5, 5.41) is 9.47. The lowest BCUT2D eigenvalue weighted by Crippen LogP contribution is -2.44. The van der Waals surface area contributed by atoms with E-state index < -0.39 is 0 Å². The standard InChI is InChI=1S/C18H23N3OS/c22-18(17-12-16(19-20-17)13-6-7-13)21-10-2-1-4-14(21)8-9-15-5-3-11-23-15/h3,5,11-14H,1-2,4,6-10H2,(H,19,20).